The Morgan fingerprint density at radius 1 is 0.870 bits per heavy atom. The second-order valence-corrected chi connectivity index (χ2v) is 12.8. The number of hydrogen-bond donors (Lipinski definition) is 4. The molecular formula is C42H51N3O9. The molecular weight excluding hydrogens is 690 g/mol. The molecule has 12 nitrogen and oxygen atoms in total. The van der Waals surface area contributed by atoms with E-state index in [1.54, 1.807) is 36.4 Å². The molecule has 1 aliphatic carbocycles. The molecule has 0 heterocycles. The number of methoxy groups -OCH3 is 1. The number of benzene rings is 3. The lowest BCUT2D eigenvalue weighted by atomic mass is 9.97. The van der Waals surface area contributed by atoms with Gasteiger partial charge in [-0.1, -0.05) is 91.0 Å². The highest BCUT2D eigenvalue weighted by atomic mass is 16.6. The zero-order chi connectivity index (χ0) is 38.7. The Balaban J connectivity index is 1.46. The SMILES string of the molecule is C=CCC[C@H](NC(=O)OCC1c2ccccc2-c2ccccc21)C(=O)O[C@@H](c1ccccc1)[C@H](COC)NC(=O)[C@@H](CC=C)CC(=O)NCCOCCO. The molecule has 0 aromatic heterocycles. The van der Waals surface area contributed by atoms with Gasteiger partial charge in [0.25, 0.3) is 0 Å². The summed E-state index contributed by atoms with van der Waals surface area (Å²) >= 11 is 0. The van der Waals surface area contributed by atoms with Crippen molar-refractivity contribution in [3.05, 3.63) is 121 Å². The number of rotatable bonds is 23. The second-order valence-electron chi connectivity index (χ2n) is 12.8. The summed E-state index contributed by atoms with van der Waals surface area (Å²) in [7, 11) is 1.46. The highest BCUT2D eigenvalue weighted by Crippen LogP contribution is 2.44. The fourth-order valence-electron chi connectivity index (χ4n) is 6.44. The minimum Gasteiger partial charge on any atom is -0.454 e. The fraction of sp³-hybridized carbons (Fsp3) is 0.381. The largest absolute Gasteiger partial charge is 0.454 e. The number of carbonyl (C=O) groups excluding carboxylic acids is 4. The third kappa shape index (κ3) is 11.9. The molecule has 4 rings (SSSR count). The van der Waals surface area contributed by atoms with Crippen LogP contribution in [0, 0.1) is 5.92 Å². The van der Waals surface area contributed by atoms with Gasteiger partial charge in [0.05, 0.1) is 38.4 Å². The molecule has 0 bridgehead atoms. The van der Waals surface area contributed by atoms with Gasteiger partial charge in [-0.15, -0.1) is 13.2 Å². The number of nitrogens with one attached hydrogen (secondary N) is 3. The van der Waals surface area contributed by atoms with E-state index in [-0.39, 0.29) is 70.7 Å². The lowest BCUT2D eigenvalue weighted by molar-refractivity contribution is -0.155. The summed E-state index contributed by atoms with van der Waals surface area (Å²) in [5.41, 5.74) is 4.90. The van der Waals surface area contributed by atoms with Crippen LogP contribution in [0.4, 0.5) is 4.79 Å². The first-order valence-electron chi connectivity index (χ1n) is 18.1. The minimum atomic E-state index is -1.10. The molecule has 0 spiro atoms. The van der Waals surface area contributed by atoms with Crippen molar-refractivity contribution in [3.63, 3.8) is 0 Å². The number of hydrogen-bond acceptors (Lipinski definition) is 9. The van der Waals surface area contributed by atoms with Crippen LogP contribution in [-0.2, 0) is 33.3 Å². The van der Waals surface area contributed by atoms with Crippen LogP contribution in [-0.4, -0.2) is 87.8 Å². The van der Waals surface area contributed by atoms with Crippen LogP contribution in [0.1, 0.15) is 54.4 Å². The maximum absolute atomic E-state index is 13.9. The van der Waals surface area contributed by atoms with Gasteiger partial charge in [0.2, 0.25) is 11.8 Å². The molecule has 3 aromatic rings. The molecule has 4 atom stereocenters. The molecule has 12 heteroatoms. The predicted octanol–water partition coefficient (Wildman–Crippen LogP) is 4.98. The van der Waals surface area contributed by atoms with Crippen LogP contribution < -0.4 is 16.0 Å². The Labute approximate surface area is 316 Å². The minimum absolute atomic E-state index is 0.0368. The predicted molar refractivity (Wildman–Crippen MR) is 204 cm³/mol. The fourth-order valence-corrected chi connectivity index (χ4v) is 6.44. The second kappa shape index (κ2) is 22.0. The standard InChI is InChI=1S/C42H51N3O9/c1-4-6-21-36(45-42(50)53-27-35-33-19-12-10-17-31(33)32-18-11-13-20-34(32)35)41(49)54-39(29-15-8-7-9-16-29)37(28-51-3)44-40(48)30(14-5-2)26-38(47)43-22-24-52-25-23-46/h4-5,7-13,15-20,30,35-37,39,46H,1-2,6,14,21-28H2,3H3,(H,43,47)(H,44,48)(H,45,50)/t30-,36-,37-,39-/m0/s1. The van der Waals surface area contributed by atoms with Crippen molar-refractivity contribution < 1.29 is 43.2 Å². The summed E-state index contributed by atoms with van der Waals surface area (Å²) in [5, 5.41) is 17.2. The van der Waals surface area contributed by atoms with Gasteiger partial charge in [0.1, 0.15) is 18.8 Å². The first kappa shape index (κ1) is 41.5. The molecule has 3 aromatic carbocycles. The van der Waals surface area contributed by atoms with Gasteiger partial charge in [-0.2, -0.15) is 0 Å². The number of fused-ring (bicyclic) bond motifs is 3. The number of allylic oxidation sites excluding steroid dienone is 2. The summed E-state index contributed by atoms with van der Waals surface area (Å²) in [6, 6.07) is 22.9. The van der Waals surface area contributed by atoms with Crippen molar-refractivity contribution in [2.75, 3.05) is 46.7 Å². The third-order valence-corrected chi connectivity index (χ3v) is 9.05. The highest BCUT2D eigenvalue weighted by Gasteiger charge is 2.34. The van der Waals surface area contributed by atoms with E-state index in [4.69, 9.17) is 24.1 Å². The maximum Gasteiger partial charge on any atom is 0.407 e. The molecule has 0 saturated heterocycles. The van der Waals surface area contributed by atoms with Gasteiger partial charge in [-0.25, -0.2) is 9.59 Å². The smallest absolute Gasteiger partial charge is 0.407 e. The van der Waals surface area contributed by atoms with E-state index in [0.717, 1.165) is 22.3 Å². The number of carbonyl (C=O) groups is 4. The number of esters is 1. The van der Waals surface area contributed by atoms with Crippen LogP contribution >= 0.6 is 0 Å². The molecule has 1 aliphatic rings. The lowest BCUT2D eigenvalue weighted by Gasteiger charge is -2.30. The molecule has 54 heavy (non-hydrogen) atoms. The Hall–Kier alpha value is -5.30. The quantitative estimate of drug-likeness (QED) is 0.0597. The number of alkyl carbamates (subject to hydrolysis) is 1. The summed E-state index contributed by atoms with van der Waals surface area (Å²) in [4.78, 5) is 53.6. The molecule has 0 fully saturated rings. The molecule has 3 amide bonds. The third-order valence-electron chi connectivity index (χ3n) is 9.05. The van der Waals surface area contributed by atoms with Crippen molar-refractivity contribution in [1.29, 1.82) is 0 Å². The summed E-state index contributed by atoms with van der Waals surface area (Å²) in [6.07, 6.45) is 2.07. The van der Waals surface area contributed by atoms with Crippen molar-refractivity contribution in [3.8, 4) is 11.1 Å². The van der Waals surface area contributed by atoms with Crippen LogP contribution in [0.25, 0.3) is 11.1 Å². The Bertz CT molecular complexity index is 1650. The molecule has 0 saturated carbocycles. The molecule has 288 valence electrons. The number of aliphatic hydroxyl groups is 1. The van der Waals surface area contributed by atoms with Gasteiger partial charge in [-0.05, 0) is 47.1 Å². The zero-order valence-electron chi connectivity index (χ0n) is 30.7. The number of amides is 3. The van der Waals surface area contributed by atoms with Crippen molar-refractivity contribution in [2.24, 2.45) is 5.92 Å². The van der Waals surface area contributed by atoms with Gasteiger partial charge < -0.3 is 40.0 Å². The maximum atomic E-state index is 13.9. The first-order chi connectivity index (χ1) is 26.3. The van der Waals surface area contributed by atoms with E-state index < -0.39 is 42.1 Å². The Kier molecular flexibility index (Phi) is 16.9. The molecule has 0 aliphatic heterocycles. The average Bonchev–Trinajstić information content (AvgIpc) is 3.51. The van der Waals surface area contributed by atoms with Crippen LogP contribution in [0.3, 0.4) is 0 Å². The van der Waals surface area contributed by atoms with Gasteiger partial charge in [0.15, 0.2) is 0 Å². The number of ether oxygens (including phenoxy) is 4. The number of aliphatic hydroxyl groups excluding tert-OH is 1. The lowest BCUT2D eigenvalue weighted by Crippen LogP contribution is -2.49. The van der Waals surface area contributed by atoms with Gasteiger partial charge in [-0.3, -0.25) is 9.59 Å². The average molecular weight is 742 g/mol. The van der Waals surface area contributed by atoms with E-state index in [1.165, 1.54) is 7.11 Å². The first-order valence-corrected chi connectivity index (χ1v) is 18.1. The van der Waals surface area contributed by atoms with E-state index in [1.807, 2.05) is 54.6 Å². The summed E-state index contributed by atoms with van der Waals surface area (Å²) in [5.74, 6) is -2.49. The molecule has 4 N–H and O–H groups in total. The highest BCUT2D eigenvalue weighted by molar-refractivity contribution is 5.86. The van der Waals surface area contributed by atoms with E-state index in [9.17, 15) is 19.2 Å². The van der Waals surface area contributed by atoms with Gasteiger partial charge in [0, 0.05) is 26.0 Å². The van der Waals surface area contributed by atoms with Crippen LogP contribution in [0.5, 0.6) is 0 Å². The topological polar surface area (TPSA) is 162 Å². The van der Waals surface area contributed by atoms with Crippen LogP contribution in [0.2, 0.25) is 0 Å². The Morgan fingerprint density at radius 2 is 1.54 bits per heavy atom. The van der Waals surface area contributed by atoms with E-state index in [0.29, 0.717) is 12.0 Å². The summed E-state index contributed by atoms with van der Waals surface area (Å²) in [6.45, 7) is 8.01. The van der Waals surface area contributed by atoms with Crippen LogP contribution in [0.15, 0.2) is 104 Å². The molecule has 0 unspecified atom stereocenters. The summed E-state index contributed by atoms with van der Waals surface area (Å²) < 4.78 is 22.5. The Morgan fingerprint density at radius 3 is 2.17 bits per heavy atom. The van der Waals surface area contributed by atoms with Crippen molar-refractivity contribution in [1.82, 2.24) is 16.0 Å². The zero-order valence-corrected chi connectivity index (χ0v) is 30.7. The van der Waals surface area contributed by atoms with E-state index in [2.05, 4.69) is 29.1 Å². The molecule has 0 radical (unpaired) electrons. The van der Waals surface area contributed by atoms with Crippen molar-refractivity contribution in [2.45, 2.75) is 49.8 Å². The monoisotopic (exact) mass is 741 g/mol. The van der Waals surface area contributed by atoms with Crippen molar-refractivity contribution >= 4 is 23.9 Å². The van der Waals surface area contributed by atoms with Gasteiger partial charge >= 0.3 is 12.1 Å². The normalized spacial score (nSPS) is 14.0. The van der Waals surface area contributed by atoms with E-state index >= 15 is 0 Å².